The Labute approximate surface area is 354 Å². The van der Waals surface area contributed by atoms with E-state index < -0.39 is 5.41 Å². The second kappa shape index (κ2) is 13.0. The Bertz CT molecular complexity index is 3560. The summed E-state index contributed by atoms with van der Waals surface area (Å²) in [7, 11) is 0. The van der Waals surface area contributed by atoms with E-state index in [9.17, 15) is 0 Å². The zero-order valence-corrected chi connectivity index (χ0v) is 33.2. The molecule has 0 saturated carbocycles. The number of benzene rings is 10. The van der Waals surface area contributed by atoms with Gasteiger partial charge in [-0.25, -0.2) is 9.97 Å². The summed E-state index contributed by atoms with van der Waals surface area (Å²) in [4.78, 5) is 10.8. The van der Waals surface area contributed by atoms with E-state index >= 15 is 0 Å². The van der Waals surface area contributed by atoms with Gasteiger partial charge in [0.15, 0.2) is 5.82 Å². The monoisotopic (exact) mass is 772 g/mol. The van der Waals surface area contributed by atoms with Crippen LogP contribution in [0.4, 0.5) is 0 Å². The van der Waals surface area contributed by atoms with E-state index in [2.05, 4.69) is 212 Å². The van der Waals surface area contributed by atoms with Gasteiger partial charge in [-0.2, -0.15) is 0 Å². The molecule has 0 atom stereocenters. The third kappa shape index (κ3) is 4.85. The molecule has 2 nitrogen and oxygen atoms in total. The first-order valence-electron chi connectivity index (χ1n) is 21.1. The van der Waals surface area contributed by atoms with Crippen LogP contribution in [0.25, 0.3) is 99.6 Å². The van der Waals surface area contributed by atoms with Crippen molar-refractivity contribution in [2.24, 2.45) is 0 Å². The van der Waals surface area contributed by atoms with Gasteiger partial charge in [0, 0.05) is 16.7 Å². The highest BCUT2D eigenvalue weighted by molar-refractivity contribution is 6.21. The van der Waals surface area contributed by atoms with Gasteiger partial charge < -0.3 is 0 Å². The third-order valence-electron chi connectivity index (χ3n) is 13.3. The lowest BCUT2D eigenvalue weighted by atomic mass is 9.70. The number of rotatable bonds is 4. The molecule has 0 saturated heterocycles. The second-order valence-corrected chi connectivity index (χ2v) is 16.4. The van der Waals surface area contributed by atoms with Crippen LogP contribution in [0.1, 0.15) is 22.3 Å². The summed E-state index contributed by atoms with van der Waals surface area (Å²) in [6.07, 6.45) is 0. The largest absolute Gasteiger partial charge is 0.228 e. The molecule has 11 aromatic rings. The summed E-state index contributed by atoms with van der Waals surface area (Å²) in [5.41, 5.74) is 17.3. The molecular formula is C59H36N2. The number of hydrogen-bond acceptors (Lipinski definition) is 2. The van der Waals surface area contributed by atoms with Crippen LogP contribution in [0.15, 0.2) is 218 Å². The van der Waals surface area contributed by atoms with Crippen molar-refractivity contribution in [2.75, 3.05) is 0 Å². The summed E-state index contributed by atoms with van der Waals surface area (Å²) in [5.74, 6) is 0.702. The maximum Gasteiger partial charge on any atom is 0.160 e. The van der Waals surface area contributed by atoms with E-state index in [1.54, 1.807) is 0 Å². The first-order valence-corrected chi connectivity index (χ1v) is 21.1. The highest BCUT2D eigenvalue weighted by Gasteiger charge is 2.51. The molecule has 2 aliphatic carbocycles. The second-order valence-electron chi connectivity index (χ2n) is 16.4. The Balaban J connectivity index is 1.05. The highest BCUT2D eigenvalue weighted by Crippen LogP contribution is 2.63. The molecule has 2 heteroatoms. The van der Waals surface area contributed by atoms with Gasteiger partial charge in [-0.05, 0) is 106 Å². The number of hydrogen-bond donors (Lipinski definition) is 0. The zero-order chi connectivity index (χ0) is 40.1. The topological polar surface area (TPSA) is 25.8 Å². The van der Waals surface area contributed by atoms with Gasteiger partial charge in [-0.3, -0.25) is 0 Å². The van der Waals surface area contributed by atoms with Gasteiger partial charge in [-0.15, -0.1) is 0 Å². The number of nitrogens with zero attached hydrogens (tertiary/aromatic N) is 2. The average Bonchev–Trinajstić information content (AvgIpc) is 3.80. The van der Waals surface area contributed by atoms with Crippen LogP contribution in [0.2, 0.25) is 0 Å². The smallest absolute Gasteiger partial charge is 0.160 e. The van der Waals surface area contributed by atoms with Crippen LogP contribution >= 0.6 is 0 Å². The summed E-state index contributed by atoms with van der Waals surface area (Å²) in [6.45, 7) is 0. The Morgan fingerprint density at radius 1 is 0.279 bits per heavy atom. The molecule has 2 aliphatic rings. The maximum atomic E-state index is 5.40. The number of aromatic nitrogens is 2. The highest BCUT2D eigenvalue weighted by atomic mass is 14.9. The van der Waals surface area contributed by atoms with Gasteiger partial charge in [0.05, 0.1) is 16.8 Å². The first kappa shape index (κ1) is 34.0. The lowest BCUT2D eigenvalue weighted by molar-refractivity contribution is 0.794. The van der Waals surface area contributed by atoms with E-state index in [0.717, 1.165) is 33.6 Å². The van der Waals surface area contributed by atoms with Gasteiger partial charge in [-0.1, -0.05) is 200 Å². The van der Waals surface area contributed by atoms with Crippen molar-refractivity contribution in [1.82, 2.24) is 9.97 Å². The standard InChI is InChI=1S/C59H36N2/c1-2-17-38(18-3-1)58-60-55(40-31-33-54-50(35-40)45-24-12-15-29-53(45)59(54)51-27-13-10-22-43(51)44-23-11-14-28-52(44)59)36-56(61-58)46-25-8-9-26-47(46)57-42-21-7-5-19-39(42)34-49-41-20-6-4-16-37(41)30-32-48(49)57/h1-36H. The number of fused-ring (bicyclic) bond motifs is 14. The predicted octanol–water partition coefficient (Wildman–Crippen LogP) is 14.9. The van der Waals surface area contributed by atoms with E-state index in [1.165, 1.54) is 82.4 Å². The molecule has 0 bridgehead atoms. The lowest BCUT2D eigenvalue weighted by Crippen LogP contribution is -2.25. The van der Waals surface area contributed by atoms with Gasteiger partial charge >= 0.3 is 0 Å². The Hall–Kier alpha value is -7.94. The Morgan fingerprint density at radius 2 is 0.820 bits per heavy atom. The summed E-state index contributed by atoms with van der Waals surface area (Å²) in [6, 6.07) is 79.7. The van der Waals surface area contributed by atoms with Crippen molar-refractivity contribution in [1.29, 1.82) is 0 Å². The molecule has 0 radical (unpaired) electrons. The molecule has 13 rings (SSSR count). The van der Waals surface area contributed by atoms with Crippen LogP contribution in [-0.4, -0.2) is 9.97 Å². The molecule has 0 unspecified atom stereocenters. The van der Waals surface area contributed by atoms with Crippen LogP contribution in [0.3, 0.4) is 0 Å². The fourth-order valence-electron chi connectivity index (χ4n) is 10.7. The fraction of sp³-hybridized carbons (Fsp3) is 0.0169. The molecule has 1 heterocycles. The van der Waals surface area contributed by atoms with Crippen molar-refractivity contribution in [3.63, 3.8) is 0 Å². The lowest BCUT2D eigenvalue weighted by Gasteiger charge is -2.30. The van der Waals surface area contributed by atoms with Crippen molar-refractivity contribution < 1.29 is 0 Å². The first-order chi connectivity index (χ1) is 30.3. The molecule has 282 valence electrons. The van der Waals surface area contributed by atoms with Crippen LogP contribution in [0, 0.1) is 0 Å². The molecular weight excluding hydrogens is 737 g/mol. The summed E-state index contributed by atoms with van der Waals surface area (Å²) in [5, 5.41) is 7.40. The molecule has 0 aliphatic heterocycles. The minimum atomic E-state index is -0.394. The van der Waals surface area contributed by atoms with Gasteiger partial charge in [0.1, 0.15) is 0 Å². The van der Waals surface area contributed by atoms with E-state index in [0.29, 0.717) is 5.82 Å². The van der Waals surface area contributed by atoms with Crippen LogP contribution in [0.5, 0.6) is 0 Å². The summed E-state index contributed by atoms with van der Waals surface area (Å²) < 4.78 is 0. The van der Waals surface area contributed by atoms with E-state index in [4.69, 9.17) is 9.97 Å². The summed E-state index contributed by atoms with van der Waals surface area (Å²) >= 11 is 0. The maximum absolute atomic E-state index is 5.40. The Kier molecular flexibility index (Phi) is 7.26. The Morgan fingerprint density at radius 3 is 1.54 bits per heavy atom. The molecule has 1 aromatic heterocycles. The molecule has 61 heavy (non-hydrogen) atoms. The minimum Gasteiger partial charge on any atom is -0.228 e. The molecule has 10 aromatic carbocycles. The van der Waals surface area contributed by atoms with E-state index in [-0.39, 0.29) is 0 Å². The van der Waals surface area contributed by atoms with Crippen molar-refractivity contribution in [2.45, 2.75) is 5.41 Å². The quantitative estimate of drug-likeness (QED) is 0.132. The molecule has 0 N–H and O–H groups in total. The molecule has 0 amide bonds. The molecule has 0 fully saturated rings. The van der Waals surface area contributed by atoms with Crippen LogP contribution in [-0.2, 0) is 5.41 Å². The minimum absolute atomic E-state index is 0.394. The normalized spacial score (nSPS) is 13.0. The molecule has 1 spiro atoms. The van der Waals surface area contributed by atoms with Crippen LogP contribution < -0.4 is 0 Å². The van der Waals surface area contributed by atoms with Gasteiger partial charge in [0.25, 0.3) is 0 Å². The average molecular weight is 773 g/mol. The fourth-order valence-corrected chi connectivity index (χ4v) is 10.7. The SMILES string of the molecule is c1ccc(-c2nc(-c3ccc4c(c3)-c3ccccc3C43c4ccccc4-c4ccccc43)cc(-c3ccccc3-c3c4ccccc4cc4c3ccc3ccccc34)n2)cc1. The van der Waals surface area contributed by atoms with Crippen molar-refractivity contribution in [3.05, 3.63) is 241 Å². The third-order valence-corrected chi connectivity index (χ3v) is 13.3. The predicted molar refractivity (Wildman–Crippen MR) is 253 cm³/mol. The van der Waals surface area contributed by atoms with Crippen molar-refractivity contribution in [3.8, 4) is 67.3 Å². The van der Waals surface area contributed by atoms with Gasteiger partial charge in [0.2, 0.25) is 0 Å². The van der Waals surface area contributed by atoms with E-state index in [1.807, 2.05) is 6.07 Å². The van der Waals surface area contributed by atoms with Crippen molar-refractivity contribution >= 4 is 32.3 Å². The zero-order valence-electron chi connectivity index (χ0n) is 33.2.